The molecule has 3 saturated heterocycles. The van der Waals surface area contributed by atoms with E-state index in [-0.39, 0.29) is 17.7 Å². The molecule has 31 heavy (non-hydrogen) atoms. The number of carbonyl (C=O) groups is 1. The summed E-state index contributed by atoms with van der Waals surface area (Å²) < 4.78 is 11.3. The molecule has 164 valence electrons. The first-order chi connectivity index (χ1) is 15.1. The van der Waals surface area contributed by atoms with Crippen molar-refractivity contribution in [2.24, 2.45) is 0 Å². The van der Waals surface area contributed by atoms with E-state index in [4.69, 9.17) is 9.47 Å². The minimum absolute atomic E-state index is 0.118. The first kappa shape index (κ1) is 20.3. The standard InChI is InChI=1S/C25H31N3O3/c1-30-22-9-7-21(8-10-22)17-26-13-11-25(12-14-26)23-19-27(15-16-28(23)24(29)31-25)18-20-5-3-2-4-6-20/h2-10,23H,11-19H2,1H3. The van der Waals surface area contributed by atoms with Crippen molar-refractivity contribution in [3.63, 3.8) is 0 Å². The molecule has 0 aliphatic carbocycles. The lowest BCUT2D eigenvalue weighted by molar-refractivity contribution is -0.0368. The average molecular weight is 422 g/mol. The van der Waals surface area contributed by atoms with Gasteiger partial charge in [-0.05, 0) is 23.3 Å². The molecule has 0 N–H and O–H groups in total. The topological polar surface area (TPSA) is 45.3 Å². The van der Waals surface area contributed by atoms with E-state index in [0.717, 1.165) is 64.4 Å². The van der Waals surface area contributed by atoms with Crippen LogP contribution < -0.4 is 4.74 Å². The Kier molecular flexibility index (Phi) is 5.59. The Labute approximate surface area is 184 Å². The molecule has 3 heterocycles. The molecule has 0 aromatic heterocycles. The Balaban J connectivity index is 1.22. The number of piperazine rings is 1. The van der Waals surface area contributed by atoms with Crippen LogP contribution >= 0.6 is 0 Å². The molecule has 2 aromatic carbocycles. The maximum absolute atomic E-state index is 12.6. The molecular weight excluding hydrogens is 390 g/mol. The number of ether oxygens (including phenoxy) is 2. The molecule has 1 unspecified atom stereocenters. The molecule has 0 radical (unpaired) electrons. The van der Waals surface area contributed by atoms with E-state index in [1.807, 2.05) is 17.0 Å². The van der Waals surface area contributed by atoms with Gasteiger partial charge < -0.3 is 9.47 Å². The highest BCUT2D eigenvalue weighted by molar-refractivity contribution is 5.72. The van der Waals surface area contributed by atoms with Crippen LogP contribution in [0.4, 0.5) is 4.79 Å². The number of rotatable bonds is 5. The first-order valence-corrected chi connectivity index (χ1v) is 11.3. The van der Waals surface area contributed by atoms with Gasteiger partial charge in [0, 0.05) is 58.7 Å². The summed E-state index contributed by atoms with van der Waals surface area (Å²) >= 11 is 0. The van der Waals surface area contributed by atoms with Gasteiger partial charge in [0.15, 0.2) is 0 Å². The Bertz CT molecular complexity index is 894. The summed E-state index contributed by atoms with van der Waals surface area (Å²) in [6.07, 6.45) is 1.68. The van der Waals surface area contributed by atoms with Crippen LogP contribution in [0.15, 0.2) is 54.6 Å². The third-order valence-corrected chi connectivity index (χ3v) is 7.11. The summed E-state index contributed by atoms with van der Waals surface area (Å²) in [5, 5.41) is 0. The molecule has 2 aromatic rings. The molecule has 0 bridgehead atoms. The minimum atomic E-state index is -0.344. The lowest BCUT2D eigenvalue weighted by Gasteiger charge is -2.45. The zero-order valence-electron chi connectivity index (χ0n) is 18.2. The summed E-state index contributed by atoms with van der Waals surface area (Å²) in [7, 11) is 1.69. The maximum atomic E-state index is 12.6. The first-order valence-electron chi connectivity index (χ1n) is 11.3. The van der Waals surface area contributed by atoms with Crippen LogP contribution in [-0.2, 0) is 17.8 Å². The summed E-state index contributed by atoms with van der Waals surface area (Å²) in [5.74, 6) is 0.886. The molecule has 1 spiro atoms. The van der Waals surface area contributed by atoms with Gasteiger partial charge in [-0.3, -0.25) is 14.7 Å². The molecule has 6 nitrogen and oxygen atoms in total. The number of nitrogens with zero attached hydrogens (tertiary/aromatic N) is 3. The second kappa shape index (κ2) is 8.52. The van der Waals surface area contributed by atoms with Crippen molar-refractivity contribution in [3.8, 4) is 5.75 Å². The smallest absolute Gasteiger partial charge is 0.410 e. The monoisotopic (exact) mass is 421 g/mol. The molecule has 1 atom stereocenters. The molecule has 0 saturated carbocycles. The number of amides is 1. The molecule has 5 rings (SSSR count). The third-order valence-electron chi connectivity index (χ3n) is 7.11. The number of hydrogen-bond donors (Lipinski definition) is 0. The lowest BCUT2D eigenvalue weighted by Crippen LogP contribution is -2.60. The lowest BCUT2D eigenvalue weighted by atomic mass is 9.83. The second-order valence-corrected chi connectivity index (χ2v) is 8.99. The highest BCUT2D eigenvalue weighted by Crippen LogP contribution is 2.40. The summed E-state index contributed by atoms with van der Waals surface area (Å²) in [6.45, 7) is 6.29. The van der Waals surface area contributed by atoms with E-state index in [9.17, 15) is 4.79 Å². The van der Waals surface area contributed by atoms with Crippen LogP contribution in [-0.4, -0.2) is 72.3 Å². The predicted molar refractivity (Wildman–Crippen MR) is 119 cm³/mol. The van der Waals surface area contributed by atoms with Crippen molar-refractivity contribution >= 4 is 6.09 Å². The molecule has 1 amide bonds. The number of benzene rings is 2. The Hall–Kier alpha value is -2.57. The number of methoxy groups -OCH3 is 1. The van der Waals surface area contributed by atoms with Crippen LogP contribution in [0.3, 0.4) is 0 Å². The second-order valence-electron chi connectivity index (χ2n) is 8.99. The van der Waals surface area contributed by atoms with Gasteiger partial charge in [0.25, 0.3) is 0 Å². The van der Waals surface area contributed by atoms with Crippen LogP contribution in [0.1, 0.15) is 24.0 Å². The normalized spacial score (nSPS) is 23.6. The number of likely N-dealkylation sites (tertiary alicyclic amines) is 1. The Morgan fingerprint density at radius 1 is 0.903 bits per heavy atom. The average Bonchev–Trinajstić information content (AvgIpc) is 3.07. The van der Waals surface area contributed by atoms with Gasteiger partial charge in [-0.15, -0.1) is 0 Å². The maximum Gasteiger partial charge on any atom is 0.410 e. The van der Waals surface area contributed by atoms with Crippen LogP contribution in [0.25, 0.3) is 0 Å². The van der Waals surface area contributed by atoms with Gasteiger partial charge >= 0.3 is 6.09 Å². The summed E-state index contributed by atoms with van der Waals surface area (Å²) in [5.41, 5.74) is 2.26. The van der Waals surface area contributed by atoms with Crippen LogP contribution in [0.5, 0.6) is 5.75 Å². The van der Waals surface area contributed by atoms with Crippen molar-refractivity contribution in [3.05, 3.63) is 65.7 Å². The van der Waals surface area contributed by atoms with Crippen molar-refractivity contribution < 1.29 is 14.3 Å². The summed E-state index contributed by atoms with van der Waals surface area (Å²) in [4.78, 5) is 19.6. The SMILES string of the molecule is COc1ccc(CN2CCC3(CC2)OC(=O)N2CCN(Cc4ccccc4)CC23)cc1. The number of piperidine rings is 1. The quantitative estimate of drug-likeness (QED) is 0.741. The van der Waals surface area contributed by atoms with Gasteiger partial charge in [-0.1, -0.05) is 42.5 Å². The summed E-state index contributed by atoms with van der Waals surface area (Å²) in [6, 6.07) is 19.0. The predicted octanol–water partition coefficient (Wildman–Crippen LogP) is 3.37. The van der Waals surface area contributed by atoms with E-state index < -0.39 is 0 Å². The van der Waals surface area contributed by atoms with Crippen molar-refractivity contribution in [1.82, 2.24) is 14.7 Å². The van der Waals surface area contributed by atoms with E-state index in [0.29, 0.717) is 0 Å². The minimum Gasteiger partial charge on any atom is -0.497 e. The van der Waals surface area contributed by atoms with Gasteiger partial charge in [-0.25, -0.2) is 4.79 Å². The van der Waals surface area contributed by atoms with Crippen molar-refractivity contribution in [2.75, 3.05) is 39.8 Å². The zero-order valence-corrected chi connectivity index (χ0v) is 18.2. The van der Waals surface area contributed by atoms with Crippen LogP contribution in [0, 0.1) is 0 Å². The Morgan fingerprint density at radius 3 is 2.29 bits per heavy atom. The van der Waals surface area contributed by atoms with Crippen molar-refractivity contribution in [1.29, 1.82) is 0 Å². The number of fused-ring (bicyclic) bond motifs is 2. The zero-order chi connectivity index (χ0) is 21.3. The number of hydrogen-bond acceptors (Lipinski definition) is 5. The van der Waals surface area contributed by atoms with Gasteiger partial charge in [0.05, 0.1) is 13.2 Å². The van der Waals surface area contributed by atoms with Gasteiger partial charge in [-0.2, -0.15) is 0 Å². The van der Waals surface area contributed by atoms with Crippen molar-refractivity contribution in [2.45, 2.75) is 37.6 Å². The molecule has 6 heteroatoms. The molecule has 3 fully saturated rings. The molecular formula is C25H31N3O3. The highest BCUT2D eigenvalue weighted by atomic mass is 16.6. The van der Waals surface area contributed by atoms with Gasteiger partial charge in [0.2, 0.25) is 0 Å². The molecule has 3 aliphatic heterocycles. The fourth-order valence-corrected chi connectivity index (χ4v) is 5.31. The van der Waals surface area contributed by atoms with E-state index in [1.54, 1.807) is 7.11 Å². The van der Waals surface area contributed by atoms with E-state index >= 15 is 0 Å². The fourth-order valence-electron chi connectivity index (χ4n) is 5.31. The largest absolute Gasteiger partial charge is 0.497 e. The molecule has 3 aliphatic rings. The van der Waals surface area contributed by atoms with Gasteiger partial charge in [0.1, 0.15) is 11.4 Å². The highest BCUT2D eigenvalue weighted by Gasteiger charge is 2.56. The van der Waals surface area contributed by atoms with E-state index in [1.165, 1.54) is 11.1 Å². The fraction of sp³-hybridized carbons (Fsp3) is 0.480. The van der Waals surface area contributed by atoms with Crippen LogP contribution in [0.2, 0.25) is 0 Å². The Morgan fingerprint density at radius 2 is 1.58 bits per heavy atom. The number of carbonyl (C=O) groups excluding carboxylic acids is 1. The van der Waals surface area contributed by atoms with E-state index in [2.05, 4.69) is 52.3 Å². The third kappa shape index (κ3) is 4.14.